The molecule has 1 unspecified atom stereocenters. The van der Waals surface area contributed by atoms with E-state index in [4.69, 9.17) is 11.6 Å². The summed E-state index contributed by atoms with van der Waals surface area (Å²) in [5.74, 6) is -0.121. The zero-order valence-electron chi connectivity index (χ0n) is 18.3. The molecule has 2 amide bonds. The summed E-state index contributed by atoms with van der Waals surface area (Å²) in [6.45, 7) is 4.93. The topological polar surface area (TPSA) is 62.3 Å². The number of benzene rings is 2. The Morgan fingerprint density at radius 1 is 1.24 bits per heavy atom. The standard InChI is InChI=1S/C25H23ClFN3O2S/c1-13-4-3-5-15(8-13)23-22(29-14(2)33-23)25(32)30-12-16-9-19(16)21(30)11-28-24(31)18-7-6-17(27)10-20(18)26/h3-8,10,16,19,21H,9,11-12H2,1-2H3,(H,28,31)/t16-,19?,21+/m0/s1. The predicted molar refractivity (Wildman–Crippen MR) is 127 cm³/mol. The van der Waals surface area contributed by atoms with Crippen molar-refractivity contribution in [3.63, 3.8) is 0 Å². The number of likely N-dealkylation sites (tertiary alicyclic amines) is 1. The van der Waals surface area contributed by atoms with Gasteiger partial charge >= 0.3 is 0 Å². The first-order valence-corrected chi connectivity index (χ1v) is 12.1. The van der Waals surface area contributed by atoms with Crippen LogP contribution in [-0.4, -0.2) is 40.8 Å². The molecule has 2 fully saturated rings. The first-order chi connectivity index (χ1) is 15.8. The van der Waals surface area contributed by atoms with E-state index in [1.165, 1.54) is 23.5 Å². The number of aryl methyl sites for hydroxylation is 2. The number of halogens is 2. The highest BCUT2D eigenvalue weighted by molar-refractivity contribution is 7.15. The minimum Gasteiger partial charge on any atom is -0.350 e. The largest absolute Gasteiger partial charge is 0.350 e. The second kappa shape index (κ2) is 8.54. The average molecular weight is 484 g/mol. The maximum atomic E-state index is 13.6. The molecule has 5 rings (SSSR count). The molecule has 170 valence electrons. The van der Waals surface area contributed by atoms with Crippen molar-refractivity contribution < 1.29 is 14.0 Å². The van der Waals surface area contributed by atoms with Crippen molar-refractivity contribution in [1.82, 2.24) is 15.2 Å². The number of carbonyl (C=O) groups is 2. The quantitative estimate of drug-likeness (QED) is 0.548. The summed E-state index contributed by atoms with van der Waals surface area (Å²) in [4.78, 5) is 33.6. The first kappa shape index (κ1) is 22.0. The van der Waals surface area contributed by atoms with Gasteiger partial charge in [-0.1, -0.05) is 41.4 Å². The molecule has 0 spiro atoms. The fourth-order valence-corrected chi connectivity index (χ4v) is 5.88. The molecular formula is C25H23ClFN3O2S. The van der Waals surface area contributed by atoms with E-state index in [1.807, 2.05) is 36.9 Å². The van der Waals surface area contributed by atoms with Crippen LogP contribution in [0.5, 0.6) is 0 Å². The van der Waals surface area contributed by atoms with Gasteiger partial charge in [0.2, 0.25) is 0 Å². The molecule has 1 saturated heterocycles. The van der Waals surface area contributed by atoms with Crippen LogP contribution < -0.4 is 5.32 Å². The molecule has 1 aliphatic heterocycles. The molecule has 3 aromatic rings. The summed E-state index contributed by atoms with van der Waals surface area (Å²) in [6.07, 6.45) is 1.06. The van der Waals surface area contributed by atoms with E-state index < -0.39 is 5.82 Å². The van der Waals surface area contributed by atoms with Crippen molar-refractivity contribution in [2.45, 2.75) is 26.3 Å². The normalized spacial score (nSPS) is 21.1. The first-order valence-electron chi connectivity index (χ1n) is 10.9. The van der Waals surface area contributed by atoms with E-state index in [1.54, 1.807) is 0 Å². The number of nitrogens with one attached hydrogen (secondary N) is 1. The number of fused-ring (bicyclic) bond motifs is 1. The van der Waals surface area contributed by atoms with Gasteiger partial charge in [-0.3, -0.25) is 9.59 Å². The van der Waals surface area contributed by atoms with Gasteiger partial charge in [-0.15, -0.1) is 11.3 Å². The highest BCUT2D eigenvalue weighted by Gasteiger charge is 2.54. The monoisotopic (exact) mass is 483 g/mol. The van der Waals surface area contributed by atoms with Gasteiger partial charge in [0.25, 0.3) is 11.8 Å². The van der Waals surface area contributed by atoms with Crippen LogP contribution in [0.25, 0.3) is 10.4 Å². The Balaban J connectivity index is 1.35. The number of rotatable bonds is 5. The van der Waals surface area contributed by atoms with Crippen LogP contribution >= 0.6 is 22.9 Å². The molecule has 1 N–H and O–H groups in total. The molecular weight excluding hydrogens is 461 g/mol. The number of amides is 2. The van der Waals surface area contributed by atoms with Gasteiger partial charge in [0.15, 0.2) is 0 Å². The summed E-state index contributed by atoms with van der Waals surface area (Å²) < 4.78 is 13.3. The van der Waals surface area contributed by atoms with Crippen LogP contribution in [0.3, 0.4) is 0 Å². The number of nitrogens with zero attached hydrogens (tertiary/aromatic N) is 2. The summed E-state index contributed by atoms with van der Waals surface area (Å²) in [5.41, 5.74) is 2.81. The Kier molecular flexibility index (Phi) is 5.70. The van der Waals surface area contributed by atoms with Crippen molar-refractivity contribution in [2.24, 2.45) is 11.8 Å². The predicted octanol–water partition coefficient (Wildman–Crippen LogP) is 5.11. The van der Waals surface area contributed by atoms with Gasteiger partial charge in [0.05, 0.1) is 26.5 Å². The van der Waals surface area contributed by atoms with E-state index in [2.05, 4.69) is 16.4 Å². The average Bonchev–Trinajstić information content (AvgIpc) is 3.28. The second-order valence-electron chi connectivity index (χ2n) is 8.80. The third kappa shape index (κ3) is 4.27. The van der Waals surface area contributed by atoms with Crippen molar-refractivity contribution >= 4 is 34.8 Å². The molecule has 2 aromatic carbocycles. The van der Waals surface area contributed by atoms with Gasteiger partial charge in [-0.05, 0) is 55.9 Å². The zero-order chi connectivity index (χ0) is 23.3. The molecule has 0 bridgehead atoms. The molecule has 1 aromatic heterocycles. The van der Waals surface area contributed by atoms with Crippen LogP contribution in [0.1, 0.15) is 37.8 Å². The number of hydrogen-bond acceptors (Lipinski definition) is 4. The highest BCUT2D eigenvalue weighted by Crippen LogP contribution is 2.50. The van der Waals surface area contributed by atoms with Gasteiger partial charge in [-0.25, -0.2) is 9.37 Å². The molecule has 3 atom stereocenters. The Labute approximate surface area is 200 Å². The molecule has 1 saturated carbocycles. The van der Waals surface area contributed by atoms with Gasteiger partial charge in [0, 0.05) is 13.1 Å². The Bertz CT molecular complexity index is 1260. The number of carbonyl (C=O) groups excluding carboxylic acids is 2. The molecule has 2 aliphatic rings. The van der Waals surface area contributed by atoms with Crippen LogP contribution in [0, 0.1) is 31.5 Å². The Hall–Kier alpha value is -2.77. The van der Waals surface area contributed by atoms with E-state index >= 15 is 0 Å². The van der Waals surface area contributed by atoms with E-state index in [9.17, 15) is 14.0 Å². The Morgan fingerprint density at radius 3 is 2.82 bits per heavy atom. The van der Waals surface area contributed by atoms with Crippen molar-refractivity contribution in [1.29, 1.82) is 0 Å². The molecule has 5 nitrogen and oxygen atoms in total. The lowest BCUT2D eigenvalue weighted by Gasteiger charge is -2.27. The third-order valence-electron chi connectivity index (χ3n) is 6.43. The summed E-state index contributed by atoms with van der Waals surface area (Å²) in [7, 11) is 0. The molecule has 8 heteroatoms. The molecule has 0 radical (unpaired) electrons. The number of piperidine rings is 1. The van der Waals surface area contributed by atoms with Gasteiger partial charge in [0.1, 0.15) is 11.5 Å². The minimum atomic E-state index is -0.493. The number of thiazole rings is 1. The van der Waals surface area contributed by atoms with E-state index in [0.29, 0.717) is 30.6 Å². The van der Waals surface area contributed by atoms with Crippen LogP contribution in [0.2, 0.25) is 5.02 Å². The lowest BCUT2D eigenvalue weighted by molar-refractivity contribution is 0.0690. The van der Waals surface area contributed by atoms with Crippen molar-refractivity contribution in [3.8, 4) is 10.4 Å². The van der Waals surface area contributed by atoms with Gasteiger partial charge < -0.3 is 10.2 Å². The van der Waals surface area contributed by atoms with Crippen molar-refractivity contribution in [2.75, 3.05) is 13.1 Å². The highest BCUT2D eigenvalue weighted by atomic mass is 35.5. The minimum absolute atomic E-state index is 0.0666. The lowest BCUT2D eigenvalue weighted by Crippen LogP contribution is -2.45. The second-order valence-corrected chi connectivity index (χ2v) is 10.4. The van der Waals surface area contributed by atoms with Crippen LogP contribution in [0.15, 0.2) is 42.5 Å². The number of hydrogen-bond donors (Lipinski definition) is 1. The smallest absolute Gasteiger partial charge is 0.274 e. The fraction of sp³-hybridized carbons (Fsp3) is 0.320. The summed E-state index contributed by atoms with van der Waals surface area (Å²) >= 11 is 7.55. The van der Waals surface area contributed by atoms with Gasteiger partial charge in [-0.2, -0.15) is 0 Å². The van der Waals surface area contributed by atoms with Crippen LogP contribution in [0.4, 0.5) is 4.39 Å². The summed E-state index contributed by atoms with van der Waals surface area (Å²) in [5, 5.41) is 3.81. The Morgan fingerprint density at radius 2 is 2.06 bits per heavy atom. The van der Waals surface area contributed by atoms with Crippen molar-refractivity contribution in [3.05, 3.63) is 75.1 Å². The maximum absolute atomic E-state index is 13.6. The third-order valence-corrected chi connectivity index (χ3v) is 7.76. The lowest BCUT2D eigenvalue weighted by atomic mass is 10.1. The molecule has 1 aliphatic carbocycles. The summed E-state index contributed by atoms with van der Waals surface area (Å²) in [6, 6.07) is 11.7. The van der Waals surface area contributed by atoms with E-state index in [-0.39, 0.29) is 28.4 Å². The number of aromatic nitrogens is 1. The SMILES string of the molecule is Cc1cccc(-c2sc(C)nc2C(=O)N2C[C@@H]3CC3[C@H]2CNC(=O)c2ccc(F)cc2Cl)c1. The molecule has 2 heterocycles. The zero-order valence-corrected chi connectivity index (χ0v) is 19.8. The fourth-order valence-electron chi connectivity index (χ4n) is 4.72. The maximum Gasteiger partial charge on any atom is 0.274 e. The van der Waals surface area contributed by atoms with E-state index in [0.717, 1.165) is 33.5 Å². The van der Waals surface area contributed by atoms with Crippen LogP contribution in [-0.2, 0) is 0 Å². The molecule has 33 heavy (non-hydrogen) atoms.